The minimum absolute atomic E-state index is 0.00874. The third kappa shape index (κ3) is 2.38. The minimum atomic E-state index is -0.110. The second-order valence-corrected chi connectivity index (χ2v) is 7.01. The van der Waals surface area contributed by atoms with E-state index in [0.717, 1.165) is 41.9 Å². The van der Waals surface area contributed by atoms with Crippen molar-refractivity contribution in [3.63, 3.8) is 0 Å². The molecule has 0 amide bonds. The van der Waals surface area contributed by atoms with Crippen molar-refractivity contribution in [2.75, 3.05) is 24.3 Å². The smallest absolute Gasteiger partial charge is 0.257 e. The molecular weight excluding hydrogens is 320 g/mol. The van der Waals surface area contributed by atoms with E-state index in [1.807, 2.05) is 14.1 Å². The van der Waals surface area contributed by atoms with Gasteiger partial charge in [0.1, 0.15) is 5.82 Å². The van der Waals surface area contributed by atoms with Crippen LogP contribution in [0.3, 0.4) is 0 Å². The first-order valence-electron chi connectivity index (χ1n) is 8.17. The summed E-state index contributed by atoms with van der Waals surface area (Å²) in [6.45, 7) is 0. The Balaban J connectivity index is 1.90. The number of H-pyrrole nitrogens is 2. The third-order valence-electron chi connectivity index (χ3n) is 4.90. The molecule has 1 aromatic heterocycles. The first-order valence-corrected chi connectivity index (χ1v) is 8.58. The molecule has 24 heavy (non-hydrogen) atoms. The quantitative estimate of drug-likeness (QED) is 0.732. The van der Waals surface area contributed by atoms with Crippen LogP contribution in [0, 0.1) is 4.77 Å². The number of nitrogens with zero attached hydrogens (tertiary/aromatic N) is 1. The van der Waals surface area contributed by atoms with E-state index in [2.05, 4.69) is 44.5 Å². The summed E-state index contributed by atoms with van der Waals surface area (Å²) in [7, 11) is 4.05. The van der Waals surface area contributed by atoms with Gasteiger partial charge in [0.2, 0.25) is 0 Å². The molecule has 0 saturated heterocycles. The number of hydrogen-bond donors (Lipinski definition) is 3. The highest BCUT2D eigenvalue weighted by Gasteiger charge is 2.34. The third-order valence-corrected chi connectivity index (χ3v) is 5.10. The molecule has 2 aliphatic rings. The molecule has 0 spiro atoms. The molecule has 124 valence electrons. The highest BCUT2D eigenvalue weighted by molar-refractivity contribution is 7.71. The average molecular weight is 340 g/mol. The van der Waals surface area contributed by atoms with Crippen LogP contribution in [0.4, 0.5) is 11.5 Å². The van der Waals surface area contributed by atoms with E-state index in [1.54, 1.807) is 0 Å². The van der Waals surface area contributed by atoms with Crippen LogP contribution >= 0.6 is 12.2 Å². The molecule has 2 aromatic rings. The van der Waals surface area contributed by atoms with E-state index in [1.165, 1.54) is 11.3 Å². The Hall–Kier alpha value is -2.34. The lowest BCUT2D eigenvalue weighted by atomic mass is 9.82. The normalized spacial score (nSPS) is 18.8. The van der Waals surface area contributed by atoms with Gasteiger partial charge in [0.15, 0.2) is 4.77 Å². The largest absolute Gasteiger partial charge is 0.378 e. The number of fused-ring (bicyclic) bond motifs is 1. The maximum absolute atomic E-state index is 12.6. The second-order valence-electron chi connectivity index (χ2n) is 6.60. The average Bonchev–Trinajstić information content (AvgIpc) is 3.00. The van der Waals surface area contributed by atoms with Gasteiger partial charge in [0, 0.05) is 31.4 Å². The van der Waals surface area contributed by atoms with Crippen molar-refractivity contribution in [2.45, 2.75) is 25.2 Å². The first-order chi connectivity index (χ1) is 11.5. The van der Waals surface area contributed by atoms with Gasteiger partial charge in [-0.15, -0.1) is 0 Å². The zero-order chi connectivity index (χ0) is 16.8. The number of aromatic amines is 2. The molecule has 1 aromatic carbocycles. The molecule has 0 saturated carbocycles. The lowest BCUT2D eigenvalue weighted by molar-refractivity contribution is 0.821. The highest BCUT2D eigenvalue weighted by Crippen LogP contribution is 2.45. The molecule has 0 radical (unpaired) electrons. The van der Waals surface area contributed by atoms with E-state index in [-0.39, 0.29) is 11.5 Å². The second kappa shape index (κ2) is 5.63. The Labute approximate surface area is 145 Å². The summed E-state index contributed by atoms with van der Waals surface area (Å²) in [6, 6.07) is 8.45. The summed E-state index contributed by atoms with van der Waals surface area (Å²) in [5.41, 5.74) is 5.49. The molecule has 4 rings (SSSR count). The van der Waals surface area contributed by atoms with Crippen molar-refractivity contribution in [1.29, 1.82) is 0 Å². The summed E-state index contributed by atoms with van der Waals surface area (Å²) in [6.07, 6.45) is 3.17. The number of benzene rings is 1. The van der Waals surface area contributed by atoms with Gasteiger partial charge in [-0.3, -0.25) is 9.78 Å². The molecule has 5 nitrogen and oxygen atoms in total. The Morgan fingerprint density at radius 3 is 2.58 bits per heavy atom. The molecular formula is C18H20N4OS. The van der Waals surface area contributed by atoms with Gasteiger partial charge in [-0.05, 0) is 54.7 Å². The van der Waals surface area contributed by atoms with E-state index in [9.17, 15) is 4.79 Å². The fourth-order valence-corrected chi connectivity index (χ4v) is 3.95. The lowest BCUT2D eigenvalue weighted by Gasteiger charge is -2.28. The SMILES string of the molecule is CN(C)c1ccc(C2C3=C(CCC3)Nc3[nH]c(=S)[nH]c(=O)c32)cc1. The summed E-state index contributed by atoms with van der Waals surface area (Å²) in [4.78, 5) is 20.5. The van der Waals surface area contributed by atoms with Crippen LogP contribution in [0.1, 0.15) is 36.3 Å². The van der Waals surface area contributed by atoms with E-state index >= 15 is 0 Å². The van der Waals surface area contributed by atoms with Gasteiger partial charge >= 0.3 is 0 Å². The van der Waals surface area contributed by atoms with Gasteiger partial charge in [-0.1, -0.05) is 12.1 Å². The van der Waals surface area contributed by atoms with Gasteiger partial charge in [0.05, 0.1) is 5.56 Å². The fourth-order valence-electron chi connectivity index (χ4n) is 3.76. The van der Waals surface area contributed by atoms with E-state index in [0.29, 0.717) is 4.77 Å². The molecule has 6 heteroatoms. The molecule has 1 aliphatic heterocycles. The molecule has 1 unspecified atom stereocenters. The van der Waals surface area contributed by atoms with Crippen LogP contribution in [-0.2, 0) is 0 Å². The summed E-state index contributed by atoms with van der Waals surface area (Å²) >= 11 is 5.13. The standard InChI is InChI=1S/C18H20N4OS/c1-22(2)11-8-6-10(7-9-11)14-12-4-3-5-13(12)19-16-15(14)17(23)21-18(24)20-16/h6-9,14H,3-5H2,1-2H3,(H3,19,20,21,23,24). The van der Waals surface area contributed by atoms with Gasteiger partial charge in [-0.2, -0.15) is 0 Å². The first kappa shape index (κ1) is 15.2. The van der Waals surface area contributed by atoms with E-state index in [4.69, 9.17) is 12.2 Å². The predicted octanol–water partition coefficient (Wildman–Crippen LogP) is 3.49. The topological polar surface area (TPSA) is 63.9 Å². The van der Waals surface area contributed by atoms with Crippen LogP contribution in [-0.4, -0.2) is 24.1 Å². The Morgan fingerprint density at radius 2 is 1.88 bits per heavy atom. The highest BCUT2D eigenvalue weighted by atomic mass is 32.1. The zero-order valence-electron chi connectivity index (χ0n) is 13.8. The van der Waals surface area contributed by atoms with Gasteiger partial charge in [-0.25, -0.2) is 0 Å². The molecule has 1 atom stereocenters. The van der Waals surface area contributed by atoms with Crippen LogP contribution < -0.4 is 15.8 Å². The number of allylic oxidation sites excluding steroid dienone is 2. The fraction of sp³-hybridized carbons (Fsp3) is 0.333. The number of aromatic nitrogens is 2. The molecule has 0 fully saturated rings. The van der Waals surface area contributed by atoms with Crippen LogP contribution in [0.25, 0.3) is 0 Å². The summed E-state index contributed by atoms with van der Waals surface area (Å²) in [5, 5.41) is 3.40. The van der Waals surface area contributed by atoms with Crippen LogP contribution in [0.15, 0.2) is 40.3 Å². The minimum Gasteiger partial charge on any atom is -0.378 e. The monoisotopic (exact) mass is 340 g/mol. The lowest BCUT2D eigenvalue weighted by Crippen LogP contribution is -2.26. The van der Waals surface area contributed by atoms with Crippen LogP contribution in [0.2, 0.25) is 0 Å². The van der Waals surface area contributed by atoms with Gasteiger partial charge in [0.25, 0.3) is 5.56 Å². The van der Waals surface area contributed by atoms with Gasteiger partial charge < -0.3 is 15.2 Å². The summed E-state index contributed by atoms with van der Waals surface area (Å²) in [5.74, 6) is 0.733. The number of rotatable bonds is 2. The Bertz CT molecular complexity index is 937. The van der Waals surface area contributed by atoms with Crippen LogP contribution in [0.5, 0.6) is 0 Å². The Morgan fingerprint density at radius 1 is 1.12 bits per heavy atom. The zero-order valence-corrected chi connectivity index (χ0v) is 14.6. The number of hydrogen-bond acceptors (Lipinski definition) is 4. The van der Waals surface area contributed by atoms with Crippen molar-refractivity contribution in [2.24, 2.45) is 0 Å². The van der Waals surface area contributed by atoms with Crippen molar-refractivity contribution in [1.82, 2.24) is 9.97 Å². The molecule has 3 N–H and O–H groups in total. The summed E-state index contributed by atoms with van der Waals surface area (Å²) < 4.78 is 0.356. The number of anilines is 2. The van der Waals surface area contributed by atoms with Crippen molar-refractivity contribution < 1.29 is 0 Å². The molecule has 1 aliphatic carbocycles. The predicted molar refractivity (Wildman–Crippen MR) is 99.4 cm³/mol. The van der Waals surface area contributed by atoms with Crippen molar-refractivity contribution in [3.8, 4) is 0 Å². The van der Waals surface area contributed by atoms with E-state index < -0.39 is 0 Å². The van der Waals surface area contributed by atoms with Crippen molar-refractivity contribution >= 4 is 23.7 Å². The molecule has 0 bridgehead atoms. The maximum Gasteiger partial charge on any atom is 0.257 e. The maximum atomic E-state index is 12.6. The van der Waals surface area contributed by atoms with Crippen molar-refractivity contribution in [3.05, 3.63) is 61.8 Å². The Kier molecular flexibility index (Phi) is 3.57. The number of nitrogens with one attached hydrogen (secondary N) is 3. The molecule has 2 heterocycles.